The van der Waals surface area contributed by atoms with Gasteiger partial charge in [0.15, 0.2) is 0 Å². The van der Waals surface area contributed by atoms with Crippen molar-refractivity contribution in [3.05, 3.63) is 40.5 Å². The van der Waals surface area contributed by atoms with E-state index in [-0.39, 0.29) is 6.54 Å². The second-order valence-corrected chi connectivity index (χ2v) is 5.20. The van der Waals surface area contributed by atoms with Crippen LogP contribution in [0.3, 0.4) is 0 Å². The number of benzene rings is 1. The molecule has 0 saturated heterocycles. The molecule has 1 aromatic heterocycles. The van der Waals surface area contributed by atoms with E-state index in [9.17, 15) is 4.79 Å². The maximum atomic E-state index is 11.0. The number of fused-ring (bicyclic) bond motifs is 1. The lowest BCUT2D eigenvalue weighted by Gasteiger charge is -2.15. The summed E-state index contributed by atoms with van der Waals surface area (Å²) in [6, 6.07) is 7.47. The Balaban J connectivity index is 2.11. The van der Waals surface area contributed by atoms with E-state index in [1.54, 1.807) is 4.68 Å². The van der Waals surface area contributed by atoms with Crippen molar-refractivity contribution in [1.82, 2.24) is 15.1 Å². The number of hydrogen-bond donors (Lipinski definition) is 2. The summed E-state index contributed by atoms with van der Waals surface area (Å²) in [7, 11) is 0. The molecule has 0 bridgehead atoms. The Hall–Kier alpha value is -1.85. The van der Waals surface area contributed by atoms with Crippen LogP contribution >= 0.6 is 11.6 Å². The van der Waals surface area contributed by atoms with E-state index in [0.717, 1.165) is 35.5 Å². The van der Waals surface area contributed by atoms with Crippen LogP contribution in [0.25, 0.3) is 11.3 Å². The minimum atomic E-state index is -0.883. The topological polar surface area (TPSA) is 67.1 Å². The number of aliphatic carboxylic acids is 1. The normalized spacial score (nSPS) is 14.1. The molecule has 1 aromatic carbocycles. The molecule has 0 saturated carbocycles. The van der Waals surface area contributed by atoms with E-state index in [1.165, 1.54) is 0 Å². The van der Waals surface area contributed by atoms with Crippen LogP contribution in [-0.4, -0.2) is 27.4 Å². The Morgan fingerprint density at radius 2 is 2.35 bits per heavy atom. The highest BCUT2D eigenvalue weighted by Gasteiger charge is 2.22. The summed E-state index contributed by atoms with van der Waals surface area (Å²) in [6.07, 6.45) is 0.788. The number of carbonyl (C=O) groups is 1. The van der Waals surface area contributed by atoms with Gasteiger partial charge in [-0.3, -0.25) is 9.48 Å². The largest absolute Gasteiger partial charge is 0.480 e. The number of rotatable bonds is 3. The van der Waals surface area contributed by atoms with Gasteiger partial charge in [-0.1, -0.05) is 23.7 Å². The molecule has 0 aliphatic carbocycles. The zero-order valence-corrected chi connectivity index (χ0v) is 11.5. The summed E-state index contributed by atoms with van der Waals surface area (Å²) < 4.78 is 1.59. The van der Waals surface area contributed by atoms with E-state index >= 15 is 0 Å². The van der Waals surface area contributed by atoms with Gasteiger partial charge in [0.1, 0.15) is 6.54 Å². The molecule has 2 aromatic rings. The number of aromatic nitrogens is 2. The molecule has 3 rings (SSSR count). The summed E-state index contributed by atoms with van der Waals surface area (Å²) in [6.45, 7) is 1.44. The molecule has 5 nitrogen and oxygen atoms in total. The lowest BCUT2D eigenvalue weighted by molar-refractivity contribution is -0.137. The molecule has 0 unspecified atom stereocenters. The fourth-order valence-electron chi connectivity index (χ4n) is 2.55. The lowest BCUT2D eigenvalue weighted by Crippen LogP contribution is -2.25. The standard InChI is InChI=1S/C14H14ClN3O2/c15-10-3-1-2-9(6-10)14-11-7-16-5-4-12(11)18(17-14)8-13(19)20/h1-3,6,16H,4-5,7-8H2,(H,19,20). The number of halogens is 1. The van der Waals surface area contributed by atoms with Gasteiger partial charge >= 0.3 is 5.97 Å². The van der Waals surface area contributed by atoms with Crippen LogP contribution in [-0.2, 0) is 24.3 Å². The van der Waals surface area contributed by atoms with Crippen LogP contribution in [0.5, 0.6) is 0 Å². The van der Waals surface area contributed by atoms with Gasteiger partial charge in [-0.2, -0.15) is 5.10 Å². The Bertz CT molecular complexity index is 666. The fraction of sp³-hybridized carbons (Fsp3) is 0.286. The van der Waals surface area contributed by atoms with Crippen molar-refractivity contribution in [2.75, 3.05) is 6.54 Å². The summed E-state index contributed by atoms with van der Waals surface area (Å²) in [4.78, 5) is 11.0. The first-order chi connectivity index (χ1) is 9.65. The van der Waals surface area contributed by atoms with Crippen molar-refractivity contribution in [3.8, 4) is 11.3 Å². The summed E-state index contributed by atoms with van der Waals surface area (Å²) in [5, 5.41) is 17.4. The Morgan fingerprint density at radius 3 is 3.10 bits per heavy atom. The smallest absolute Gasteiger partial charge is 0.325 e. The highest BCUT2D eigenvalue weighted by Crippen LogP contribution is 2.29. The predicted octanol–water partition coefficient (Wildman–Crippen LogP) is 1.93. The third kappa shape index (κ3) is 2.42. The summed E-state index contributed by atoms with van der Waals surface area (Å²) in [5.41, 5.74) is 3.80. The number of hydrogen-bond acceptors (Lipinski definition) is 3. The molecule has 20 heavy (non-hydrogen) atoms. The minimum absolute atomic E-state index is 0.108. The first-order valence-electron chi connectivity index (χ1n) is 6.42. The molecule has 0 atom stereocenters. The van der Waals surface area contributed by atoms with Gasteiger partial charge in [-0.25, -0.2) is 0 Å². The van der Waals surface area contributed by atoms with Gasteiger partial charge < -0.3 is 10.4 Å². The average molecular weight is 292 g/mol. The van der Waals surface area contributed by atoms with Crippen molar-refractivity contribution >= 4 is 17.6 Å². The van der Waals surface area contributed by atoms with E-state index in [2.05, 4.69) is 10.4 Å². The number of nitrogens with zero attached hydrogens (tertiary/aromatic N) is 2. The number of carboxylic acids is 1. The van der Waals surface area contributed by atoms with Gasteiger partial charge in [-0.05, 0) is 12.1 Å². The molecule has 0 radical (unpaired) electrons. The Morgan fingerprint density at radius 1 is 1.50 bits per heavy atom. The summed E-state index contributed by atoms with van der Waals surface area (Å²) >= 11 is 6.02. The van der Waals surface area contributed by atoms with Crippen molar-refractivity contribution < 1.29 is 9.90 Å². The van der Waals surface area contributed by atoms with E-state index < -0.39 is 5.97 Å². The van der Waals surface area contributed by atoms with E-state index in [4.69, 9.17) is 16.7 Å². The molecule has 2 N–H and O–H groups in total. The average Bonchev–Trinajstić information content (AvgIpc) is 2.77. The highest BCUT2D eigenvalue weighted by molar-refractivity contribution is 6.30. The SMILES string of the molecule is O=C(O)Cn1nc(-c2cccc(Cl)c2)c2c1CCNC2. The van der Waals surface area contributed by atoms with Gasteiger partial charge in [-0.15, -0.1) is 0 Å². The van der Waals surface area contributed by atoms with Crippen molar-refractivity contribution in [2.24, 2.45) is 0 Å². The van der Waals surface area contributed by atoms with Gasteiger partial charge in [0.05, 0.1) is 5.69 Å². The fourth-order valence-corrected chi connectivity index (χ4v) is 2.74. The number of carboxylic acid groups (broad SMARTS) is 1. The van der Waals surface area contributed by atoms with Crippen LogP contribution in [0.2, 0.25) is 5.02 Å². The molecule has 0 amide bonds. The van der Waals surface area contributed by atoms with E-state index in [1.807, 2.05) is 24.3 Å². The quantitative estimate of drug-likeness (QED) is 0.907. The van der Waals surface area contributed by atoms with Crippen LogP contribution < -0.4 is 5.32 Å². The first-order valence-corrected chi connectivity index (χ1v) is 6.80. The van der Waals surface area contributed by atoms with Crippen LogP contribution in [0.4, 0.5) is 0 Å². The second kappa shape index (κ2) is 5.26. The van der Waals surface area contributed by atoms with Gasteiger partial charge in [0, 0.05) is 41.4 Å². The molecular formula is C14H14ClN3O2. The van der Waals surface area contributed by atoms with Gasteiger partial charge in [0.25, 0.3) is 0 Å². The molecular weight excluding hydrogens is 278 g/mol. The van der Waals surface area contributed by atoms with E-state index in [0.29, 0.717) is 11.6 Å². The molecule has 1 aliphatic rings. The third-order valence-electron chi connectivity index (χ3n) is 3.39. The molecule has 0 fully saturated rings. The van der Waals surface area contributed by atoms with Crippen LogP contribution in [0.1, 0.15) is 11.3 Å². The summed E-state index contributed by atoms with van der Waals surface area (Å²) in [5.74, 6) is -0.883. The van der Waals surface area contributed by atoms with Crippen LogP contribution in [0, 0.1) is 0 Å². The molecule has 0 spiro atoms. The Kier molecular flexibility index (Phi) is 3.46. The number of nitrogens with one attached hydrogen (secondary N) is 1. The second-order valence-electron chi connectivity index (χ2n) is 4.76. The molecule has 2 heterocycles. The molecule has 104 valence electrons. The maximum absolute atomic E-state index is 11.0. The van der Waals surface area contributed by atoms with Gasteiger partial charge in [0.2, 0.25) is 0 Å². The highest BCUT2D eigenvalue weighted by atomic mass is 35.5. The molecule has 1 aliphatic heterocycles. The third-order valence-corrected chi connectivity index (χ3v) is 3.63. The minimum Gasteiger partial charge on any atom is -0.480 e. The monoisotopic (exact) mass is 291 g/mol. The molecule has 6 heteroatoms. The lowest BCUT2D eigenvalue weighted by atomic mass is 10.0. The predicted molar refractivity (Wildman–Crippen MR) is 75.7 cm³/mol. The van der Waals surface area contributed by atoms with Crippen molar-refractivity contribution in [1.29, 1.82) is 0 Å². The zero-order chi connectivity index (χ0) is 14.1. The van der Waals surface area contributed by atoms with Crippen LogP contribution in [0.15, 0.2) is 24.3 Å². The Labute approximate surface area is 121 Å². The zero-order valence-electron chi connectivity index (χ0n) is 10.8. The first kappa shape index (κ1) is 13.1. The van der Waals surface area contributed by atoms with Crippen molar-refractivity contribution in [2.45, 2.75) is 19.5 Å². The maximum Gasteiger partial charge on any atom is 0.325 e. The van der Waals surface area contributed by atoms with Crippen molar-refractivity contribution in [3.63, 3.8) is 0 Å².